The van der Waals surface area contributed by atoms with E-state index in [0.29, 0.717) is 6.61 Å². The fourth-order valence-corrected chi connectivity index (χ4v) is 3.28. The third-order valence-corrected chi connectivity index (χ3v) is 4.19. The zero-order valence-corrected chi connectivity index (χ0v) is 11.8. The van der Waals surface area contributed by atoms with Crippen LogP contribution in [0, 0.1) is 0 Å². The van der Waals surface area contributed by atoms with Crippen molar-refractivity contribution < 1.29 is 14.3 Å². The van der Waals surface area contributed by atoms with E-state index in [0.717, 1.165) is 31.6 Å². The van der Waals surface area contributed by atoms with Gasteiger partial charge in [-0.2, -0.15) is 0 Å². The van der Waals surface area contributed by atoms with Crippen molar-refractivity contribution in [3.63, 3.8) is 0 Å². The molecule has 4 heteroatoms. The van der Waals surface area contributed by atoms with Crippen molar-refractivity contribution in [1.82, 2.24) is 4.90 Å². The van der Waals surface area contributed by atoms with E-state index in [9.17, 15) is 4.79 Å². The molecule has 0 saturated carbocycles. The van der Waals surface area contributed by atoms with Gasteiger partial charge in [-0.3, -0.25) is 4.79 Å². The largest absolute Gasteiger partial charge is 0.376 e. The number of fused-ring (bicyclic) bond motifs is 1. The van der Waals surface area contributed by atoms with Crippen LogP contribution in [-0.4, -0.2) is 48.8 Å². The number of nitrogens with zero attached hydrogens (tertiary/aromatic N) is 1. The third kappa shape index (κ3) is 2.45. The lowest BCUT2D eigenvalue weighted by Gasteiger charge is -2.41. The molecular weight excluding hydrogens is 254 g/mol. The molecule has 2 saturated heterocycles. The van der Waals surface area contributed by atoms with Gasteiger partial charge in [0.2, 0.25) is 0 Å². The summed E-state index contributed by atoms with van der Waals surface area (Å²) in [6.07, 6.45) is 1.93. The van der Waals surface area contributed by atoms with Crippen molar-refractivity contribution in [2.45, 2.75) is 38.0 Å². The first-order chi connectivity index (χ1) is 9.81. The Morgan fingerprint density at radius 2 is 2.15 bits per heavy atom. The highest BCUT2D eigenvalue weighted by Gasteiger charge is 2.44. The number of carbonyl (C=O) groups is 1. The molecule has 0 unspecified atom stereocenters. The monoisotopic (exact) mass is 275 g/mol. The van der Waals surface area contributed by atoms with Gasteiger partial charge in [-0.1, -0.05) is 18.2 Å². The molecule has 0 aromatic heterocycles. The number of piperidine rings is 1. The lowest BCUT2D eigenvalue weighted by molar-refractivity contribution is -0.0882. The first kappa shape index (κ1) is 13.6. The quantitative estimate of drug-likeness (QED) is 0.848. The van der Waals surface area contributed by atoms with Crippen LogP contribution in [0.25, 0.3) is 0 Å². The predicted molar refractivity (Wildman–Crippen MR) is 75.7 cm³/mol. The Hall–Kier alpha value is -1.39. The molecule has 1 aromatic rings. The minimum Gasteiger partial charge on any atom is -0.376 e. The van der Waals surface area contributed by atoms with E-state index >= 15 is 0 Å². The summed E-state index contributed by atoms with van der Waals surface area (Å²) in [7, 11) is 0. The standard InChI is InChI=1S/C16H21NO3/c1-2-19-14-8-10-17(13-9-11-20-15(13)14)16(18)12-6-4-3-5-7-12/h3-7,13-15H,2,8-11H2,1H3/t13-,14+,15-/m0/s1. The molecule has 2 aliphatic rings. The summed E-state index contributed by atoms with van der Waals surface area (Å²) >= 11 is 0. The van der Waals surface area contributed by atoms with Crippen LogP contribution in [0.5, 0.6) is 0 Å². The van der Waals surface area contributed by atoms with Crippen LogP contribution < -0.4 is 0 Å². The van der Waals surface area contributed by atoms with Crippen LogP contribution in [0.3, 0.4) is 0 Å². The molecule has 0 bridgehead atoms. The maximum atomic E-state index is 12.6. The van der Waals surface area contributed by atoms with Crippen LogP contribution in [0.2, 0.25) is 0 Å². The second-order valence-electron chi connectivity index (χ2n) is 5.34. The van der Waals surface area contributed by atoms with Gasteiger partial charge in [0, 0.05) is 25.3 Å². The molecule has 0 aliphatic carbocycles. The third-order valence-electron chi connectivity index (χ3n) is 4.19. The van der Waals surface area contributed by atoms with Crippen LogP contribution >= 0.6 is 0 Å². The highest BCUT2D eigenvalue weighted by atomic mass is 16.5. The summed E-state index contributed by atoms with van der Waals surface area (Å²) in [5, 5.41) is 0. The first-order valence-electron chi connectivity index (χ1n) is 7.40. The van der Waals surface area contributed by atoms with Crippen LogP contribution in [0.4, 0.5) is 0 Å². The highest BCUT2D eigenvalue weighted by molar-refractivity contribution is 5.94. The summed E-state index contributed by atoms with van der Waals surface area (Å²) in [6, 6.07) is 9.65. The normalized spacial score (nSPS) is 29.2. The maximum absolute atomic E-state index is 12.6. The van der Waals surface area contributed by atoms with E-state index in [-0.39, 0.29) is 24.2 Å². The van der Waals surface area contributed by atoms with Crippen molar-refractivity contribution in [1.29, 1.82) is 0 Å². The molecule has 20 heavy (non-hydrogen) atoms. The minimum atomic E-state index is 0.0383. The van der Waals surface area contributed by atoms with Crippen molar-refractivity contribution in [2.24, 2.45) is 0 Å². The second kappa shape index (κ2) is 5.94. The minimum absolute atomic E-state index is 0.0383. The molecule has 2 aliphatic heterocycles. The summed E-state index contributed by atoms with van der Waals surface area (Å²) in [5.74, 6) is 0.112. The average molecular weight is 275 g/mol. The molecule has 2 heterocycles. The summed E-state index contributed by atoms with van der Waals surface area (Å²) in [4.78, 5) is 14.6. The molecular formula is C16H21NO3. The van der Waals surface area contributed by atoms with Crippen LogP contribution in [0.15, 0.2) is 30.3 Å². The SMILES string of the molecule is CCO[C@@H]1CCN(C(=O)c2ccccc2)[C@H]2CCO[C@H]12. The van der Waals surface area contributed by atoms with E-state index < -0.39 is 0 Å². The van der Waals surface area contributed by atoms with Crippen LogP contribution in [-0.2, 0) is 9.47 Å². The molecule has 3 atom stereocenters. The van der Waals surface area contributed by atoms with Gasteiger partial charge in [0.05, 0.1) is 12.1 Å². The summed E-state index contributed by atoms with van der Waals surface area (Å²) < 4.78 is 11.6. The van der Waals surface area contributed by atoms with Gasteiger partial charge < -0.3 is 14.4 Å². The molecule has 0 N–H and O–H groups in total. The fourth-order valence-electron chi connectivity index (χ4n) is 3.28. The Kier molecular flexibility index (Phi) is 4.03. The number of ether oxygens (including phenoxy) is 2. The fraction of sp³-hybridized carbons (Fsp3) is 0.562. The Balaban J connectivity index is 1.77. The van der Waals surface area contributed by atoms with Crippen LogP contribution in [0.1, 0.15) is 30.1 Å². The number of hydrogen-bond acceptors (Lipinski definition) is 3. The van der Waals surface area contributed by atoms with Crippen molar-refractivity contribution in [2.75, 3.05) is 19.8 Å². The number of rotatable bonds is 3. The lowest BCUT2D eigenvalue weighted by Crippen LogP contribution is -2.55. The molecule has 2 fully saturated rings. The summed E-state index contributed by atoms with van der Waals surface area (Å²) in [5.41, 5.74) is 0.757. The zero-order valence-electron chi connectivity index (χ0n) is 11.8. The van der Waals surface area contributed by atoms with Gasteiger partial charge in [0.1, 0.15) is 6.10 Å². The van der Waals surface area contributed by atoms with Crippen molar-refractivity contribution >= 4 is 5.91 Å². The number of hydrogen-bond donors (Lipinski definition) is 0. The zero-order chi connectivity index (χ0) is 13.9. The van der Waals surface area contributed by atoms with Gasteiger partial charge >= 0.3 is 0 Å². The number of likely N-dealkylation sites (tertiary alicyclic amines) is 1. The van der Waals surface area contributed by atoms with Gasteiger partial charge in [-0.05, 0) is 31.9 Å². The van der Waals surface area contributed by atoms with E-state index in [1.807, 2.05) is 42.2 Å². The molecule has 3 rings (SSSR count). The Labute approximate surface area is 119 Å². The maximum Gasteiger partial charge on any atom is 0.254 e. The first-order valence-corrected chi connectivity index (χ1v) is 7.40. The molecule has 1 aromatic carbocycles. The van der Waals surface area contributed by atoms with Gasteiger partial charge in [-0.25, -0.2) is 0 Å². The second-order valence-corrected chi connectivity index (χ2v) is 5.34. The van der Waals surface area contributed by atoms with Gasteiger partial charge in [0.25, 0.3) is 5.91 Å². The number of benzene rings is 1. The van der Waals surface area contributed by atoms with Crippen molar-refractivity contribution in [3.8, 4) is 0 Å². The Morgan fingerprint density at radius 1 is 1.35 bits per heavy atom. The van der Waals surface area contributed by atoms with E-state index in [2.05, 4.69) is 0 Å². The average Bonchev–Trinajstić information content (AvgIpc) is 2.98. The molecule has 0 spiro atoms. The Bertz CT molecular complexity index is 462. The molecule has 4 nitrogen and oxygen atoms in total. The molecule has 0 radical (unpaired) electrons. The smallest absolute Gasteiger partial charge is 0.254 e. The number of amides is 1. The van der Waals surface area contributed by atoms with Crippen molar-refractivity contribution in [3.05, 3.63) is 35.9 Å². The van der Waals surface area contributed by atoms with Gasteiger partial charge in [0.15, 0.2) is 0 Å². The van der Waals surface area contributed by atoms with Gasteiger partial charge in [-0.15, -0.1) is 0 Å². The van der Waals surface area contributed by atoms with E-state index in [4.69, 9.17) is 9.47 Å². The highest BCUT2D eigenvalue weighted by Crippen LogP contribution is 2.31. The van der Waals surface area contributed by atoms with E-state index in [1.165, 1.54) is 0 Å². The lowest BCUT2D eigenvalue weighted by atomic mass is 9.94. The van der Waals surface area contributed by atoms with E-state index in [1.54, 1.807) is 0 Å². The molecule has 1 amide bonds. The molecule has 108 valence electrons. The summed E-state index contributed by atoms with van der Waals surface area (Å²) in [6.45, 7) is 4.18. The topological polar surface area (TPSA) is 38.8 Å². The Morgan fingerprint density at radius 3 is 2.90 bits per heavy atom. The predicted octanol–water partition coefficient (Wildman–Crippen LogP) is 2.10. The number of carbonyl (C=O) groups excluding carboxylic acids is 1.